The summed E-state index contributed by atoms with van der Waals surface area (Å²) in [5.41, 5.74) is 5.89. The number of piperazine rings is 1. The summed E-state index contributed by atoms with van der Waals surface area (Å²) < 4.78 is 0. The lowest BCUT2D eigenvalue weighted by molar-refractivity contribution is -0.137. The van der Waals surface area contributed by atoms with Crippen molar-refractivity contribution in [2.45, 2.75) is 31.4 Å². The summed E-state index contributed by atoms with van der Waals surface area (Å²) in [4.78, 5) is 25.0. The van der Waals surface area contributed by atoms with Gasteiger partial charge in [-0.05, 0) is 19.3 Å². The number of nitrogens with zero attached hydrogens (tertiary/aromatic N) is 4. The lowest BCUT2D eigenvalue weighted by Crippen LogP contribution is -2.52. The molecule has 22 heavy (non-hydrogen) atoms. The molecule has 1 saturated carbocycles. The van der Waals surface area contributed by atoms with Crippen molar-refractivity contribution in [3.05, 3.63) is 18.6 Å². The molecule has 2 fully saturated rings. The van der Waals surface area contributed by atoms with Gasteiger partial charge < -0.3 is 20.6 Å². The summed E-state index contributed by atoms with van der Waals surface area (Å²) in [6, 6.07) is -0.274. The summed E-state index contributed by atoms with van der Waals surface area (Å²) in [6.07, 6.45) is 6.57. The zero-order valence-corrected chi connectivity index (χ0v) is 12.6. The molecule has 3 N–H and O–H groups in total. The van der Waals surface area contributed by atoms with Gasteiger partial charge in [-0.15, -0.1) is 0 Å². The van der Waals surface area contributed by atoms with E-state index in [1.165, 1.54) is 0 Å². The second-order valence-electron chi connectivity index (χ2n) is 6.12. The minimum Gasteiger partial charge on any atom is -0.392 e. The van der Waals surface area contributed by atoms with Crippen LogP contribution in [-0.2, 0) is 4.79 Å². The summed E-state index contributed by atoms with van der Waals surface area (Å²) in [7, 11) is 0. The Balaban J connectivity index is 1.54. The van der Waals surface area contributed by atoms with E-state index in [2.05, 4.69) is 14.9 Å². The van der Waals surface area contributed by atoms with Crippen LogP contribution in [0, 0.1) is 5.92 Å². The number of amides is 1. The van der Waals surface area contributed by atoms with Crippen molar-refractivity contribution in [2.24, 2.45) is 11.7 Å². The van der Waals surface area contributed by atoms with Crippen LogP contribution in [0.1, 0.15) is 19.3 Å². The van der Waals surface area contributed by atoms with Crippen LogP contribution in [0.2, 0.25) is 0 Å². The van der Waals surface area contributed by atoms with Crippen LogP contribution in [0.15, 0.2) is 18.6 Å². The van der Waals surface area contributed by atoms with Crippen molar-refractivity contribution in [2.75, 3.05) is 31.1 Å². The van der Waals surface area contributed by atoms with Gasteiger partial charge in [0.2, 0.25) is 5.91 Å². The van der Waals surface area contributed by atoms with E-state index in [1.807, 2.05) is 4.90 Å². The van der Waals surface area contributed by atoms with Crippen molar-refractivity contribution in [1.82, 2.24) is 14.9 Å². The predicted molar refractivity (Wildman–Crippen MR) is 82.1 cm³/mol. The van der Waals surface area contributed by atoms with Crippen LogP contribution in [-0.4, -0.2) is 64.2 Å². The lowest BCUT2D eigenvalue weighted by atomic mass is 9.83. The highest BCUT2D eigenvalue weighted by molar-refractivity contribution is 5.79. The Morgan fingerprint density at radius 2 is 2.00 bits per heavy atom. The summed E-state index contributed by atoms with van der Waals surface area (Å²) in [5.74, 6) is 1.00. The third-order valence-electron chi connectivity index (χ3n) is 4.68. The van der Waals surface area contributed by atoms with Gasteiger partial charge in [0.15, 0.2) is 0 Å². The second-order valence-corrected chi connectivity index (χ2v) is 6.12. The van der Waals surface area contributed by atoms with E-state index in [1.54, 1.807) is 18.6 Å². The molecule has 1 amide bonds. The van der Waals surface area contributed by atoms with Gasteiger partial charge in [0, 0.05) is 50.5 Å². The minimum absolute atomic E-state index is 0.0403. The first-order valence-corrected chi connectivity index (χ1v) is 7.88. The number of nitrogens with two attached hydrogens (primary N) is 1. The lowest BCUT2D eigenvalue weighted by Gasteiger charge is -2.38. The number of hydrogen-bond donors (Lipinski definition) is 2. The van der Waals surface area contributed by atoms with Gasteiger partial charge in [0.25, 0.3) is 0 Å². The first kappa shape index (κ1) is 15.2. The third kappa shape index (κ3) is 3.20. The van der Waals surface area contributed by atoms with Crippen LogP contribution < -0.4 is 10.6 Å². The molecule has 1 aromatic heterocycles. The predicted octanol–water partition coefficient (Wildman–Crippen LogP) is -0.386. The van der Waals surface area contributed by atoms with Crippen molar-refractivity contribution >= 4 is 11.7 Å². The minimum atomic E-state index is -0.461. The fourth-order valence-electron chi connectivity index (χ4n) is 3.28. The largest absolute Gasteiger partial charge is 0.392 e. The highest BCUT2D eigenvalue weighted by Gasteiger charge is 2.34. The average molecular weight is 305 g/mol. The van der Waals surface area contributed by atoms with Crippen LogP contribution in [0.25, 0.3) is 0 Å². The Kier molecular flexibility index (Phi) is 4.54. The standard InChI is InChI=1S/C15H23N5O2/c16-12-9-11(1-2-13(12)21)15(22)20-7-5-19(6-8-20)14-10-17-3-4-18-14/h3-4,10-13,21H,1-2,5-9,16H2/t11-,12+,13+/m0/s1. The fourth-order valence-corrected chi connectivity index (χ4v) is 3.28. The summed E-state index contributed by atoms with van der Waals surface area (Å²) in [5, 5.41) is 9.68. The SMILES string of the molecule is N[C@@H]1C[C@@H](C(=O)N2CCN(c3cnccn3)CC2)CC[C@H]1O. The van der Waals surface area contributed by atoms with Gasteiger partial charge in [-0.2, -0.15) is 0 Å². The summed E-state index contributed by atoms with van der Waals surface area (Å²) in [6.45, 7) is 2.94. The first-order valence-electron chi connectivity index (χ1n) is 7.88. The molecule has 2 heterocycles. The molecule has 120 valence electrons. The van der Waals surface area contributed by atoms with Gasteiger partial charge in [0.05, 0.1) is 12.3 Å². The topological polar surface area (TPSA) is 95.6 Å². The van der Waals surface area contributed by atoms with Crippen molar-refractivity contribution in [3.8, 4) is 0 Å². The zero-order valence-electron chi connectivity index (χ0n) is 12.6. The maximum atomic E-state index is 12.6. The van der Waals surface area contributed by atoms with E-state index in [0.29, 0.717) is 25.9 Å². The maximum absolute atomic E-state index is 12.6. The van der Waals surface area contributed by atoms with Crippen LogP contribution in [0.4, 0.5) is 5.82 Å². The quantitative estimate of drug-likeness (QED) is 0.773. The van der Waals surface area contributed by atoms with Crippen LogP contribution >= 0.6 is 0 Å². The molecule has 3 atom stereocenters. The van der Waals surface area contributed by atoms with E-state index < -0.39 is 6.10 Å². The molecule has 1 aliphatic carbocycles. The third-order valence-corrected chi connectivity index (χ3v) is 4.68. The molecule has 0 radical (unpaired) electrons. The number of hydrogen-bond acceptors (Lipinski definition) is 6. The number of anilines is 1. The highest BCUT2D eigenvalue weighted by atomic mass is 16.3. The molecule has 3 rings (SSSR count). The number of aromatic nitrogens is 2. The molecular formula is C15H23N5O2. The first-order chi connectivity index (χ1) is 10.6. The molecule has 1 aromatic rings. The highest BCUT2D eigenvalue weighted by Crippen LogP contribution is 2.26. The van der Waals surface area contributed by atoms with Gasteiger partial charge in [0.1, 0.15) is 5.82 Å². The molecule has 0 spiro atoms. The molecule has 0 bridgehead atoms. The Morgan fingerprint density at radius 3 is 2.64 bits per heavy atom. The molecule has 7 heteroatoms. The zero-order chi connectivity index (χ0) is 15.5. The van der Waals surface area contributed by atoms with E-state index in [0.717, 1.165) is 25.3 Å². The number of aliphatic hydroxyl groups excluding tert-OH is 1. The average Bonchev–Trinajstić information content (AvgIpc) is 2.58. The van der Waals surface area contributed by atoms with Gasteiger partial charge >= 0.3 is 0 Å². The molecule has 0 unspecified atom stereocenters. The maximum Gasteiger partial charge on any atom is 0.225 e. The van der Waals surface area contributed by atoms with Gasteiger partial charge in [-0.25, -0.2) is 4.98 Å². The Labute approximate surface area is 130 Å². The molecular weight excluding hydrogens is 282 g/mol. The number of aliphatic hydroxyl groups is 1. The van der Waals surface area contributed by atoms with Crippen molar-refractivity contribution < 1.29 is 9.90 Å². The van der Waals surface area contributed by atoms with Crippen molar-refractivity contribution in [3.63, 3.8) is 0 Å². The Bertz CT molecular complexity index is 504. The number of carbonyl (C=O) groups excluding carboxylic acids is 1. The van der Waals surface area contributed by atoms with Crippen molar-refractivity contribution in [1.29, 1.82) is 0 Å². The van der Waals surface area contributed by atoms with E-state index >= 15 is 0 Å². The molecule has 2 aliphatic rings. The second kappa shape index (κ2) is 6.58. The molecule has 0 aromatic carbocycles. The normalized spacial score (nSPS) is 29.5. The van der Waals surface area contributed by atoms with E-state index in [9.17, 15) is 9.90 Å². The fraction of sp³-hybridized carbons (Fsp3) is 0.667. The van der Waals surface area contributed by atoms with Crippen LogP contribution in [0.5, 0.6) is 0 Å². The van der Waals surface area contributed by atoms with Gasteiger partial charge in [-0.1, -0.05) is 0 Å². The number of carbonyl (C=O) groups is 1. The molecule has 1 aliphatic heterocycles. The summed E-state index contributed by atoms with van der Waals surface area (Å²) >= 11 is 0. The Morgan fingerprint density at radius 1 is 1.23 bits per heavy atom. The number of rotatable bonds is 2. The monoisotopic (exact) mass is 305 g/mol. The van der Waals surface area contributed by atoms with E-state index in [-0.39, 0.29) is 17.9 Å². The van der Waals surface area contributed by atoms with E-state index in [4.69, 9.17) is 5.73 Å². The molecule has 7 nitrogen and oxygen atoms in total. The molecule has 1 saturated heterocycles. The van der Waals surface area contributed by atoms with Crippen LogP contribution in [0.3, 0.4) is 0 Å². The smallest absolute Gasteiger partial charge is 0.225 e. The Hall–Kier alpha value is -1.73. The van der Waals surface area contributed by atoms with Gasteiger partial charge in [-0.3, -0.25) is 9.78 Å².